The molecule has 2 aliphatic rings. The first-order chi connectivity index (χ1) is 16.7. The zero-order valence-electron chi connectivity index (χ0n) is 20.8. The van der Waals surface area contributed by atoms with Crippen molar-refractivity contribution in [3.63, 3.8) is 0 Å². The number of nitrogens with one attached hydrogen (secondary N) is 1. The van der Waals surface area contributed by atoms with E-state index < -0.39 is 10.0 Å². The molecule has 0 radical (unpaired) electrons. The minimum atomic E-state index is -3.61. The molecule has 1 unspecified atom stereocenters. The monoisotopic (exact) mass is 497 g/mol. The summed E-state index contributed by atoms with van der Waals surface area (Å²) in [6, 6.07) is 13.2. The molecule has 0 spiro atoms. The van der Waals surface area contributed by atoms with E-state index in [1.54, 1.807) is 0 Å². The summed E-state index contributed by atoms with van der Waals surface area (Å²) in [6.07, 6.45) is 2.55. The van der Waals surface area contributed by atoms with Gasteiger partial charge in [0, 0.05) is 37.8 Å². The Morgan fingerprint density at radius 1 is 0.886 bits per heavy atom. The number of anilines is 1. The number of amides is 2. The van der Waals surface area contributed by atoms with Gasteiger partial charge in [-0.1, -0.05) is 35.9 Å². The maximum absolute atomic E-state index is 13.4. The van der Waals surface area contributed by atoms with Crippen LogP contribution in [0.5, 0.6) is 0 Å². The lowest BCUT2D eigenvalue weighted by atomic mass is 9.92. The van der Waals surface area contributed by atoms with Crippen LogP contribution in [0.1, 0.15) is 42.4 Å². The highest BCUT2D eigenvalue weighted by atomic mass is 32.2. The molecule has 2 heterocycles. The molecule has 1 N–H and O–H groups in total. The maximum Gasteiger partial charge on any atom is 0.243 e. The van der Waals surface area contributed by atoms with E-state index in [2.05, 4.69) is 5.32 Å². The van der Waals surface area contributed by atoms with Gasteiger partial charge in [-0.3, -0.25) is 9.59 Å². The fourth-order valence-corrected chi connectivity index (χ4v) is 7.34. The molecule has 0 saturated carbocycles. The third-order valence-corrected chi connectivity index (χ3v) is 9.36. The van der Waals surface area contributed by atoms with E-state index in [0.29, 0.717) is 43.9 Å². The van der Waals surface area contributed by atoms with Crippen LogP contribution in [0.4, 0.5) is 5.69 Å². The average molecular weight is 498 g/mol. The summed E-state index contributed by atoms with van der Waals surface area (Å²) in [7, 11) is -3.61. The van der Waals surface area contributed by atoms with Gasteiger partial charge < -0.3 is 10.2 Å². The van der Waals surface area contributed by atoms with Crippen LogP contribution < -0.4 is 5.32 Å². The van der Waals surface area contributed by atoms with E-state index in [9.17, 15) is 18.0 Å². The SMILES string of the molecule is Cc1cc(C)c(S(=O)(=O)N2CCC(C(=O)N3CCCC(C(=O)Nc4ccccc4)C3)CC2)c(C)c1. The van der Waals surface area contributed by atoms with Gasteiger partial charge in [0.05, 0.1) is 10.8 Å². The molecule has 35 heavy (non-hydrogen) atoms. The van der Waals surface area contributed by atoms with Gasteiger partial charge in [-0.2, -0.15) is 4.31 Å². The molecule has 4 rings (SSSR count). The van der Waals surface area contributed by atoms with Crippen LogP contribution in [-0.4, -0.2) is 55.6 Å². The molecule has 0 aliphatic carbocycles. The number of likely N-dealkylation sites (tertiary alicyclic amines) is 1. The summed E-state index contributed by atoms with van der Waals surface area (Å²) in [5, 5.41) is 2.95. The van der Waals surface area contributed by atoms with Crippen LogP contribution in [0.25, 0.3) is 0 Å². The number of benzene rings is 2. The second-order valence-corrected chi connectivity index (χ2v) is 11.8. The maximum atomic E-state index is 13.4. The molecular weight excluding hydrogens is 462 g/mol. The highest BCUT2D eigenvalue weighted by molar-refractivity contribution is 7.89. The van der Waals surface area contributed by atoms with Crippen molar-refractivity contribution in [1.29, 1.82) is 0 Å². The molecule has 2 aromatic carbocycles. The number of sulfonamides is 1. The van der Waals surface area contributed by atoms with Gasteiger partial charge in [-0.15, -0.1) is 0 Å². The molecular formula is C27H35N3O4S. The zero-order valence-corrected chi connectivity index (χ0v) is 21.6. The molecule has 2 saturated heterocycles. The molecule has 2 aromatic rings. The summed E-state index contributed by atoms with van der Waals surface area (Å²) < 4.78 is 28.3. The van der Waals surface area contributed by atoms with E-state index in [-0.39, 0.29) is 23.7 Å². The Labute approximate surface area is 208 Å². The van der Waals surface area contributed by atoms with Gasteiger partial charge >= 0.3 is 0 Å². The van der Waals surface area contributed by atoms with Crippen molar-refractivity contribution in [3.05, 3.63) is 59.2 Å². The van der Waals surface area contributed by atoms with E-state index in [1.165, 1.54) is 4.31 Å². The topological polar surface area (TPSA) is 86.8 Å². The summed E-state index contributed by atoms with van der Waals surface area (Å²) in [6.45, 7) is 7.36. The Balaban J connectivity index is 1.36. The first kappa shape index (κ1) is 25.4. The van der Waals surface area contributed by atoms with Crippen LogP contribution in [0.2, 0.25) is 0 Å². The molecule has 8 heteroatoms. The van der Waals surface area contributed by atoms with E-state index in [4.69, 9.17) is 0 Å². The number of para-hydroxylation sites is 1. The molecule has 188 valence electrons. The smallest absolute Gasteiger partial charge is 0.243 e. The van der Waals surface area contributed by atoms with Crippen LogP contribution in [0, 0.1) is 32.6 Å². The number of aryl methyl sites for hydroxylation is 3. The predicted molar refractivity (Wildman–Crippen MR) is 137 cm³/mol. The summed E-state index contributed by atoms with van der Waals surface area (Å²) >= 11 is 0. The van der Waals surface area contributed by atoms with Crippen molar-refractivity contribution >= 4 is 27.5 Å². The Morgan fingerprint density at radius 2 is 1.51 bits per heavy atom. The molecule has 0 aromatic heterocycles. The number of carbonyl (C=O) groups excluding carboxylic acids is 2. The van der Waals surface area contributed by atoms with Crippen LogP contribution >= 0.6 is 0 Å². The number of hydrogen-bond donors (Lipinski definition) is 1. The van der Waals surface area contributed by atoms with Gasteiger partial charge in [0.2, 0.25) is 21.8 Å². The van der Waals surface area contributed by atoms with Crippen molar-refractivity contribution in [2.45, 2.75) is 51.3 Å². The van der Waals surface area contributed by atoms with Gasteiger partial charge in [-0.25, -0.2) is 8.42 Å². The second-order valence-electron chi connectivity index (χ2n) is 9.88. The van der Waals surface area contributed by atoms with Crippen molar-refractivity contribution < 1.29 is 18.0 Å². The molecule has 1 atom stereocenters. The van der Waals surface area contributed by atoms with Gasteiger partial charge in [-0.05, 0) is 69.7 Å². The Kier molecular flexibility index (Phi) is 7.62. The molecule has 2 amide bonds. The number of hydrogen-bond acceptors (Lipinski definition) is 4. The Morgan fingerprint density at radius 3 is 2.14 bits per heavy atom. The third kappa shape index (κ3) is 5.59. The van der Waals surface area contributed by atoms with Gasteiger partial charge in [0.15, 0.2) is 0 Å². The van der Waals surface area contributed by atoms with Crippen LogP contribution in [-0.2, 0) is 19.6 Å². The zero-order chi connectivity index (χ0) is 25.2. The third-order valence-electron chi connectivity index (χ3n) is 7.15. The predicted octanol–water partition coefficient (Wildman–Crippen LogP) is 3.89. The molecule has 2 aliphatic heterocycles. The fraction of sp³-hybridized carbons (Fsp3) is 0.481. The summed E-state index contributed by atoms with van der Waals surface area (Å²) in [4.78, 5) is 28.2. The fourth-order valence-electron chi connectivity index (χ4n) is 5.46. The largest absolute Gasteiger partial charge is 0.342 e. The lowest BCUT2D eigenvalue weighted by molar-refractivity contribution is -0.139. The first-order valence-corrected chi connectivity index (χ1v) is 13.8. The normalized spacial score (nSPS) is 20.0. The second kappa shape index (κ2) is 10.5. The summed E-state index contributed by atoms with van der Waals surface area (Å²) in [5.74, 6) is -0.459. The Bertz CT molecular complexity index is 1170. The summed E-state index contributed by atoms with van der Waals surface area (Å²) in [5.41, 5.74) is 3.32. The van der Waals surface area contributed by atoms with Crippen molar-refractivity contribution in [3.8, 4) is 0 Å². The van der Waals surface area contributed by atoms with Crippen molar-refractivity contribution in [1.82, 2.24) is 9.21 Å². The first-order valence-electron chi connectivity index (χ1n) is 12.4. The number of piperidine rings is 2. The lowest BCUT2D eigenvalue weighted by Crippen LogP contribution is -2.48. The van der Waals surface area contributed by atoms with Crippen molar-refractivity contribution in [2.75, 3.05) is 31.5 Å². The number of carbonyl (C=O) groups is 2. The number of nitrogens with zero attached hydrogens (tertiary/aromatic N) is 2. The molecule has 7 nitrogen and oxygen atoms in total. The molecule has 2 fully saturated rings. The van der Waals surface area contributed by atoms with E-state index in [1.807, 2.05) is 68.1 Å². The standard InChI is InChI=1S/C27H35N3O4S/c1-19-16-20(2)25(21(3)17-19)35(33,34)30-14-11-22(12-15-30)27(32)29-13-7-8-23(18-29)26(31)28-24-9-5-4-6-10-24/h4-6,9-10,16-17,22-23H,7-8,11-15,18H2,1-3H3,(H,28,31). The minimum Gasteiger partial charge on any atom is -0.342 e. The number of rotatable bonds is 5. The quantitative estimate of drug-likeness (QED) is 0.679. The van der Waals surface area contributed by atoms with Gasteiger partial charge in [0.25, 0.3) is 0 Å². The minimum absolute atomic E-state index is 0.0435. The van der Waals surface area contributed by atoms with Gasteiger partial charge in [0.1, 0.15) is 0 Å². The highest BCUT2D eigenvalue weighted by Gasteiger charge is 2.37. The molecule has 0 bridgehead atoms. The van der Waals surface area contributed by atoms with Crippen LogP contribution in [0.3, 0.4) is 0 Å². The highest BCUT2D eigenvalue weighted by Crippen LogP contribution is 2.30. The van der Waals surface area contributed by atoms with Crippen LogP contribution in [0.15, 0.2) is 47.4 Å². The average Bonchev–Trinajstić information content (AvgIpc) is 2.83. The van der Waals surface area contributed by atoms with E-state index in [0.717, 1.165) is 35.2 Å². The lowest BCUT2D eigenvalue weighted by Gasteiger charge is -2.37. The van der Waals surface area contributed by atoms with E-state index >= 15 is 0 Å². The Hall–Kier alpha value is -2.71. The van der Waals surface area contributed by atoms with Crippen molar-refractivity contribution in [2.24, 2.45) is 11.8 Å².